The third-order valence-electron chi connectivity index (χ3n) is 2.88. The molecule has 1 aromatic heterocycles. The Kier molecular flexibility index (Phi) is 4.64. The average molecular weight is 296 g/mol. The van der Waals surface area contributed by atoms with Crippen molar-refractivity contribution in [1.82, 2.24) is 4.98 Å². The average Bonchev–Trinajstić information content (AvgIpc) is 2.42. The molecule has 1 aromatic carbocycles. The molecule has 0 saturated heterocycles. The van der Waals surface area contributed by atoms with Crippen molar-refractivity contribution in [3.63, 3.8) is 0 Å². The number of benzene rings is 1. The van der Waals surface area contributed by atoms with E-state index in [1.807, 2.05) is 31.2 Å². The maximum Gasteiger partial charge on any atom is 0.145 e. The lowest BCUT2D eigenvalue weighted by Crippen LogP contribution is -2.08. The summed E-state index contributed by atoms with van der Waals surface area (Å²) in [5.41, 5.74) is 7.83. The van der Waals surface area contributed by atoms with Crippen LogP contribution < -0.4 is 11.1 Å². The van der Waals surface area contributed by atoms with E-state index in [0.29, 0.717) is 22.4 Å². The van der Waals surface area contributed by atoms with Crippen molar-refractivity contribution in [1.29, 1.82) is 0 Å². The summed E-state index contributed by atoms with van der Waals surface area (Å²) in [4.78, 5) is 4.18. The van der Waals surface area contributed by atoms with E-state index in [4.69, 9.17) is 28.9 Å². The van der Waals surface area contributed by atoms with Crippen LogP contribution in [0.1, 0.15) is 24.1 Å². The quantitative estimate of drug-likeness (QED) is 0.896. The number of hydrogen-bond acceptors (Lipinski definition) is 3. The summed E-state index contributed by atoms with van der Waals surface area (Å²) in [6, 6.07) is 9.89. The summed E-state index contributed by atoms with van der Waals surface area (Å²) in [7, 11) is 0. The molecule has 1 heterocycles. The van der Waals surface area contributed by atoms with Crippen molar-refractivity contribution in [3.05, 3.63) is 57.7 Å². The summed E-state index contributed by atoms with van der Waals surface area (Å²) >= 11 is 11.9. The summed E-state index contributed by atoms with van der Waals surface area (Å²) in [6.07, 6.45) is 1.57. The first-order chi connectivity index (χ1) is 9.10. The Morgan fingerprint density at radius 1 is 1.26 bits per heavy atom. The minimum atomic E-state index is 0.0954. The molecule has 5 heteroatoms. The third kappa shape index (κ3) is 3.60. The van der Waals surface area contributed by atoms with E-state index in [1.165, 1.54) is 0 Å². The number of halogens is 2. The molecule has 3 nitrogen and oxygen atoms in total. The molecule has 2 aromatic rings. The number of aromatic nitrogens is 1. The molecular formula is C14H15Cl2N3. The zero-order chi connectivity index (χ0) is 13.8. The predicted octanol–water partition coefficient (Wildman–Crippen LogP) is 4.02. The maximum atomic E-state index is 6.08. The van der Waals surface area contributed by atoms with Crippen LogP contribution in [0.3, 0.4) is 0 Å². The SMILES string of the molecule is CC(Nc1ncc(Cl)cc1Cl)c1ccc(CN)cc1. The monoisotopic (exact) mass is 295 g/mol. The predicted molar refractivity (Wildman–Crippen MR) is 80.6 cm³/mol. The highest BCUT2D eigenvalue weighted by Crippen LogP contribution is 2.26. The highest BCUT2D eigenvalue weighted by Gasteiger charge is 2.09. The van der Waals surface area contributed by atoms with Crippen LogP contribution in [0.5, 0.6) is 0 Å². The number of rotatable bonds is 4. The van der Waals surface area contributed by atoms with Gasteiger partial charge in [0, 0.05) is 18.8 Å². The summed E-state index contributed by atoms with van der Waals surface area (Å²) in [6.45, 7) is 2.59. The minimum absolute atomic E-state index is 0.0954. The second kappa shape index (κ2) is 6.24. The van der Waals surface area contributed by atoms with Gasteiger partial charge in [0.05, 0.1) is 10.0 Å². The van der Waals surface area contributed by atoms with E-state index in [1.54, 1.807) is 12.3 Å². The topological polar surface area (TPSA) is 50.9 Å². The lowest BCUT2D eigenvalue weighted by molar-refractivity contribution is 0.872. The van der Waals surface area contributed by atoms with Crippen LogP contribution in [0.25, 0.3) is 0 Å². The lowest BCUT2D eigenvalue weighted by Gasteiger charge is -2.16. The molecule has 0 aliphatic carbocycles. The molecule has 0 fully saturated rings. The van der Waals surface area contributed by atoms with Crippen LogP contribution in [0.4, 0.5) is 5.82 Å². The molecule has 0 saturated carbocycles. The van der Waals surface area contributed by atoms with Gasteiger partial charge in [-0.05, 0) is 24.1 Å². The van der Waals surface area contributed by atoms with E-state index in [2.05, 4.69) is 10.3 Å². The zero-order valence-corrected chi connectivity index (χ0v) is 12.0. The molecule has 0 amide bonds. The standard InChI is InChI=1S/C14H15Cl2N3/c1-9(11-4-2-10(7-17)3-5-11)19-14-13(16)6-12(15)8-18-14/h2-6,8-9H,7,17H2,1H3,(H,18,19). The number of nitrogens with zero attached hydrogens (tertiary/aromatic N) is 1. The van der Waals surface area contributed by atoms with E-state index in [9.17, 15) is 0 Å². The van der Waals surface area contributed by atoms with Gasteiger partial charge in [0.1, 0.15) is 5.82 Å². The van der Waals surface area contributed by atoms with Crippen molar-refractivity contribution in [2.24, 2.45) is 5.73 Å². The summed E-state index contributed by atoms with van der Waals surface area (Å²) in [5, 5.41) is 4.29. The number of nitrogens with two attached hydrogens (primary N) is 1. The largest absolute Gasteiger partial charge is 0.362 e. The number of nitrogens with one attached hydrogen (secondary N) is 1. The van der Waals surface area contributed by atoms with Crippen LogP contribution in [0.2, 0.25) is 10.0 Å². The highest BCUT2D eigenvalue weighted by molar-refractivity contribution is 6.35. The molecule has 0 spiro atoms. The fourth-order valence-electron chi connectivity index (χ4n) is 1.75. The number of hydrogen-bond donors (Lipinski definition) is 2. The molecule has 100 valence electrons. The first-order valence-corrected chi connectivity index (χ1v) is 6.72. The van der Waals surface area contributed by atoms with Crippen LogP contribution >= 0.6 is 23.2 Å². The van der Waals surface area contributed by atoms with Gasteiger partial charge in [-0.2, -0.15) is 0 Å². The molecule has 1 unspecified atom stereocenters. The van der Waals surface area contributed by atoms with Gasteiger partial charge in [-0.25, -0.2) is 4.98 Å². The zero-order valence-electron chi connectivity index (χ0n) is 10.5. The van der Waals surface area contributed by atoms with Crippen molar-refractivity contribution < 1.29 is 0 Å². The first kappa shape index (κ1) is 14.1. The Morgan fingerprint density at radius 2 is 1.95 bits per heavy atom. The normalized spacial score (nSPS) is 12.2. The van der Waals surface area contributed by atoms with Crippen molar-refractivity contribution in [2.75, 3.05) is 5.32 Å². The Hall–Kier alpha value is -1.29. The second-order valence-electron chi connectivity index (χ2n) is 4.30. The van der Waals surface area contributed by atoms with Crippen LogP contribution in [-0.2, 0) is 6.54 Å². The molecule has 0 bridgehead atoms. The van der Waals surface area contributed by atoms with E-state index in [-0.39, 0.29) is 6.04 Å². The lowest BCUT2D eigenvalue weighted by atomic mass is 10.1. The van der Waals surface area contributed by atoms with Crippen molar-refractivity contribution in [2.45, 2.75) is 19.5 Å². The van der Waals surface area contributed by atoms with Gasteiger partial charge in [0.2, 0.25) is 0 Å². The van der Waals surface area contributed by atoms with E-state index < -0.39 is 0 Å². The smallest absolute Gasteiger partial charge is 0.145 e. The Labute approximate surface area is 122 Å². The van der Waals surface area contributed by atoms with Gasteiger partial charge >= 0.3 is 0 Å². The van der Waals surface area contributed by atoms with E-state index in [0.717, 1.165) is 11.1 Å². The second-order valence-corrected chi connectivity index (χ2v) is 5.14. The molecule has 0 radical (unpaired) electrons. The Balaban J connectivity index is 2.13. The minimum Gasteiger partial charge on any atom is -0.362 e. The highest BCUT2D eigenvalue weighted by atomic mass is 35.5. The Bertz CT molecular complexity index is 555. The van der Waals surface area contributed by atoms with Gasteiger partial charge in [-0.3, -0.25) is 0 Å². The van der Waals surface area contributed by atoms with Gasteiger partial charge in [0.25, 0.3) is 0 Å². The molecule has 1 atom stereocenters. The third-order valence-corrected chi connectivity index (χ3v) is 3.37. The van der Waals surface area contributed by atoms with Crippen molar-refractivity contribution >= 4 is 29.0 Å². The van der Waals surface area contributed by atoms with Gasteiger partial charge in [-0.15, -0.1) is 0 Å². The van der Waals surface area contributed by atoms with Gasteiger partial charge in [0.15, 0.2) is 0 Å². The number of pyridine rings is 1. The molecule has 3 N–H and O–H groups in total. The van der Waals surface area contributed by atoms with Gasteiger partial charge in [-0.1, -0.05) is 47.5 Å². The summed E-state index contributed by atoms with van der Waals surface area (Å²) in [5.74, 6) is 0.626. The first-order valence-electron chi connectivity index (χ1n) is 5.96. The van der Waals surface area contributed by atoms with E-state index >= 15 is 0 Å². The fourth-order valence-corrected chi connectivity index (χ4v) is 2.19. The maximum absolute atomic E-state index is 6.08. The Morgan fingerprint density at radius 3 is 2.53 bits per heavy atom. The molecule has 2 rings (SSSR count). The van der Waals surface area contributed by atoms with Crippen LogP contribution in [0, 0.1) is 0 Å². The molecule has 0 aliphatic heterocycles. The summed E-state index contributed by atoms with van der Waals surface area (Å²) < 4.78 is 0. The molecular weight excluding hydrogens is 281 g/mol. The van der Waals surface area contributed by atoms with Crippen LogP contribution in [0.15, 0.2) is 36.5 Å². The molecule has 0 aliphatic rings. The van der Waals surface area contributed by atoms with Gasteiger partial charge < -0.3 is 11.1 Å². The van der Waals surface area contributed by atoms with Crippen LogP contribution in [-0.4, -0.2) is 4.98 Å². The van der Waals surface area contributed by atoms with Crippen molar-refractivity contribution in [3.8, 4) is 0 Å². The number of anilines is 1. The fraction of sp³-hybridized carbons (Fsp3) is 0.214. The molecule has 19 heavy (non-hydrogen) atoms.